The first-order valence-corrected chi connectivity index (χ1v) is 11.1. The highest BCUT2D eigenvalue weighted by atomic mass is 35.6. The van der Waals surface area contributed by atoms with Crippen LogP contribution < -0.4 is 39.6 Å². The van der Waals surface area contributed by atoms with Crippen LogP contribution in [0, 0.1) is 0 Å². The Kier molecular flexibility index (Phi) is 9.99. The van der Waals surface area contributed by atoms with E-state index >= 15 is 0 Å². The molecular weight excluding hydrogens is 529 g/mol. The summed E-state index contributed by atoms with van der Waals surface area (Å²) in [7, 11) is 7.35. The topological polar surface area (TPSA) is 99.3 Å². The van der Waals surface area contributed by atoms with E-state index in [9.17, 15) is 4.79 Å². The SMILES string of the molecule is COc1ccc(OC)c(NC(=S)N[C@H](NC(=O)c2cc(OC)c(OC)c(OC)c2)C(Cl)(Cl)Cl)c1. The van der Waals surface area contributed by atoms with Crippen LogP contribution in [0.1, 0.15) is 10.4 Å². The van der Waals surface area contributed by atoms with Gasteiger partial charge in [-0.25, -0.2) is 0 Å². The quantitative estimate of drug-likeness (QED) is 0.241. The number of hydrogen-bond donors (Lipinski definition) is 3. The van der Waals surface area contributed by atoms with Crippen LogP contribution in [0.5, 0.6) is 28.7 Å². The third-order valence-electron chi connectivity index (χ3n) is 4.46. The molecule has 0 heterocycles. The van der Waals surface area contributed by atoms with Crippen LogP contribution in [0.3, 0.4) is 0 Å². The molecule has 1 amide bonds. The molecular formula is C21H24Cl3N3O6S. The van der Waals surface area contributed by atoms with E-state index in [1.54, 1.807) is 18.2 Å². The van der Waals surface area contributed by atoms with Crippen molar-refractivity contribution in [3.8, 4) is 28.7 Å². The first-order chi connectivity index (χ1) is 16.1. The highest BCUT2D eigenvalue weighted by Gasteiger charge is 2.35. The number of anilines is 1. The molecule has 0 aliphatic carbocycles. The lowest BCUT2D eigenvalue weighted by Gasteiger charge is -2.28. The number of halogens is 3. The largest absolute Gasteiger partial charge is 0.497 e. The highest BCUT2D eigenvalue weighted by molar-refractivity contribution is 7.80. The smallest absolute Gasteiger partial charge is 0.253 e. The normalized spacial score (nSPS) is 11.6. The van der Waals surface area contributed by atoms with Gasteiger partial charge >= 0.3 is 0 Å². The fourth-order valence-corrected chi connectivity index (χ4v) is 3.38. The van der Waals surface area contributed by atoms with Crippen LogP contribution in [0.25, 0.3) is 0 Å². The van der Waals surface area contributed by atoms with E-state index in [2.05, 4.69) is 16.0 Å². The molecule has 13 heteroatoms. The van der Waals surface area contributed by atoms with E-state index < -0.39 is 15.9 Å². The van der Waals surface area contributed by atoms with Crippen LogP contribution in [0.15, 0.2) is 30.3 Å². The minimum atomic E-state index is -1.97. The van der Waals surface area contributed by atoms with Crippen LogP contribution in [-0.4, -0.2) is 56.5 Å². The van der Waals surface area contributed by atoms with Crippen LogP contribution in [0.4, 0.5) is 5.69 Å². The summed E-state index contributed by atoms with van der Waals surface area (Å²) in [6.45, 7) is 0. The fraction of sp³-hybridized carbons (Fsp3) is 0.333. The van der Waals surface area contributed by atoms with Gasteiger partial charge in [-0.2, -0.15) is 0 Å². The van der Waals surface area contributed by atoms with Gasteiger partial charge < -0.3 is 39.6 Å². The van der Waals surface area contributed by atoms with Gasteiger partial charge in [0, 0.05) is 11.6 Å². The zero-order valence-electron chi connectivity index (χ0n) is 19.0. The summed E-state index contributed by atoms with van der Waals surface area (Å²) < 4.78 is 24.4. The van der Waals surface area contributed by atoms with Gasteiger partial charge in [-0.05, 0) is 36.5 Å². The summed E-state index contributed by atoms with van der Waals surface area (Å²) in [6, 6.07) is 8.02. The van der Waals surface area contributed by atoms with E-state index in [-0.39, 0.29) is 22.2 Å². The Balaban J connectivity index is 2.25. The molecule has 2 rings (SSSR count). The molecule has 0 bridgehead atoms. The first-order valence-electron chi connectivity index (χ1n) is 9.55. The van der Waals surface area contributed by atoms with E-state index in [1.165, 1.54) is 47.7 Å². The Morgan fingerprint density at radius 2 is 1.44 bits per heavy atom. The maximum absolute atomic E-state index is 13.0. The summed E-state index contributed by atoms with van der Waals surface area (Å²) in [5, 5.41) is 8.37. The number of amides is 1. The van der Waals surface area contributed by atoms with Crippen molar-refractivity contribution in [3.63, 3.8) is 0 Å². The number of ether oxygens (including phenoxy) is 5. The molecule has 0 spiro atoms. The number of carbonyl (C=O) groups excluding carboxylic acids is 1. The summed E-state index contributed by atoms with van der Waals surface area (Å²) in [6.07, 6.45) is -1.22. The zero-order valence-corrected chi connectivity index (χ0v) is 22.0. The maximum atomic E-state index is 13.0. The monoisotopic (exact) mass is 551 g/mol. The van der Waals surface area contributed by atoms with Crippen molar-refractivity contribution in [1.82, 2.24) is 10.6 Å². The van der Waals surface area contributed by atoms with Crippen molar-refractivity contribution in [2.75, 3.05) is 40.9 Å². The third-order valence-corrected chi connectivity index (χ3v) is 5.33. The Morgan fingerprint density at radius 3 is 1.91 bits per heavy atom. The van der Waals surface area contributed by atoms with Gasteiger partial charge in [0.05, 0.1) is 41.2 Å². The minimum absolute atomic E-state index is 0.0491. The highest BCUT2D eigenvalue weighted by Crippen LogP contribution is 2.38. The molecule has 0 saturated heterocycles. The van der Waals surface area contributed by atoms with Gasteiger partial charge in [0.15, 0.2) is 16.6 Å². The molecule has 2 aromatic carbocycles. The first kappa shape index (κ1) is 27.7. The Labute approximate surface area is 217 Å². The second kappa shape index (κ2) is 12.3. The molecule has 9 nitrogen and oxygen atoms in total. The lowest BCUT2D eigenvalue weighted by molar-refractivity contribution is 0.0933. The molecule has 0 fully saturated rings. The molecule has 34 heavy (non-hydrogen) atoms. The van der Waals surface area contributed by atoms with E-state index in [0.29, 0.717) is 22.9 Å². The van der Waals surface area contributed by atoms with Crippen molar-refractivity contribution in [1.29, 1.82) is 0 Å². The van der Waals surface area contributed by atoms with Crippen LogP contribution in [-0.2, 0) is 0 Å². The van der Waals surface area contributed by atoms with E-state index in [0.717, 1.165) is 0 Å². The van der Waals surface area contributed by atoms with Gasteiger partial charge in [-0.15, -0.1) is 0 Å². The molecule has 0 aromatic heterocycles. The van der Waals surface area contributed by atoms with E-state index in [1.807, 2.05) is 0 Å². The number of nitrogens with one attached hydrogen (secondary N) is 3. The van der Waals surface area contributed by atoms with Crippen LogP contribution >= 0.6 is 47.0 Å². The maximum Gasteiger partial charge on any atom is 0.253 e. The lowest BCUT2D eigenvalue weighted by Crippen LogP contribution is -2.56. The lowest BCUT2D eigenvalue weighted by atomic mass is 10.1. The van der Waals surface area contributed by atoms with Crippen molar-refractivity contribution in [2.24, 2.45) is 0 Å². The molecule has 0 radical (unpaired) electrons. The number of alkyl halides is 3. The van der Waals surface area contributed by atoms with Gasteiger partial charge in [0.1, 0.15) is 17.7 Å². The number of hydrogen-bond acceptors (Lipinski definition) is 7. The summed E-state index contributed by atoms with van der Waals surface area (Å²) in [5.74, 6) is 1.37. The van der Waals surface area contributed by atoms with Gasteiger partial charge in [0.2, 0.25) is 9.54 Å². The average molecular weight is 553 g/mol. The number of benzene rings is 2. The standard InChI is InChI=1S/C21H24Cl3N3O6S/c1-29-12-6-7-14(30-2)13(10-12)25-20(34)27-19(21(22,23)24)26-18(28)11-8-15(31-3)17(33-5)16(9-11)32-4/h6-10,19H,1-5H3,(H,26,28)(H2,25,27,34)/t19-/m0/s1. The summed E-state index contributed by atoms with van der Waals surface area (Å²) in [4.78, 5) is 13.0. The van der Waals surface area contributed by atoms with Crippen molar-refractivity contribution < 1.29 is 28.5 Å². The van der Waals surface area contributed by atoms with Crippen LogP contribution in [0.2, 0.25) is 0 Å². The number of carbonyl (C=O) groups is 1. The fourth-order valence-electron chi connectivity index (χ4n) is 2.83. The molecule has 0 saturated carbocycles. The molecule has 0 unspecified atom stereocenters. The minimum Gasteiger partial charge on any atom is -0.497 e. The zero-order chi connectivity index (χ0) is 25.5. The Morgan fingerprint density at radius 1 is 0.853 bits per heavy atom. The molecule has 186 valence electrons. The Bertz CT molecular complexity index is 1010. The van der Waals surface area contributed by atoms with Gasteiger partial charge in [-0.3, -0.25) is 4.79 Å². The van der Waals surface area contributed by atoms with E-state index in [4.69, 9.17) is 70.7 Å². The van der Waals surface area contributed by atoms with Crippen molar-refractivity contribution >= 4 is 63.7 Å². The van der Waals surface area contributed by atoms with Gasteiger partial charge in [0.25, 0.3) is 5.91 Å². The molecule has 0 aliphatic rings. The second-order valence-electron chi connectivity index (χ2n) is 6.53. The second-order valence-corrected chi connectivity index (χ2v) is 9.30. The molecule has 1 atom stereocenters. The number of methoxy groups -OCH3 is 5. The predicted molar refractivity (Wildman–Crippen MR) is 137 cm³/mol. The summed E-state index contributed by atoms with van der Waals surface area (Å²) >= 11 is 23.7. The van der Waals surface area contributed by atoms with Crippen molar-refractivity contribution in [2.45, 2.75) is 9.96 Å². The molecule has 0 aliphatic heterocycles. The summed E-state index contributed by atoms with van der Waals surface area (Å²) in [5.41, 5.74) is 0.669. The average Bonchev–Trinajstić information content (AvgIpc) is 2.81. The van der Waals surface area contributed by atoms with Crippen molar-refractivity contribution in [3.05, 3.63) is 35.9 Å². The Hall–Kier alpha value is -2.53. The number of thiocarbonyl (C=S) groups is 1. The van der Waals surface area contributed by atoms with Gasteiger partial charge in [-0.1, -0.05) is 34.8 Å². The molecule has 3 N–H and O–H groups in total. The predicted octanol–water partition coefficient (Wildman–Crippen LogP) is 4.14. The molecule has 2 aromatic rings. The number of rotatable bonds is 9. The third kappa shape index (κ3) is 6.99.